The third-order valence-electron chi connectivity index (χ3n) is 6.27. The van der Waals surface area contributed by atoms with Gasteiger partial charge < -0.3 is 9.40 Å². The van der Waals surface area contributed by atoms with Gasteiger partial charge in [-0.1, -0.05) is 25.0 Å². The molecule has 0 radical (unpaired) electrons. The predicted octanol–water partition coefficient (Wildman–Crippen LogP) is 4.30. The fourth-order valence-electron chi connectivity index (χ4n) is 4.71. The Kier molecular flexibility index (Phi) is 4.81. The zero-order valence-corrected chi connectivity index (χ0v) is 16.6. The Morgan fingerprint density at radius 1 is 1.33 bits per heavy atom. The van der Waals surface area contributed by atoms with Gasteiger partial charge in [-0.25, -0.2) is 4.98 Å². The SMILES string of the molecule is CC1=C(CCN2CCc3c(nc(-c4ccco4)[nH]c3=O)C2)C(C)(C)CCC1. The van der Waals surface area contributed by atoms with Gasteiger partial charge in [0.15, 0.2) is 11.6 Å². The lowest BCUT2D eigenvalue weighted by atomic mass is 9.71. The van der Waals surface area contributed by atoms with Crippen LogP contribution in [0.25, 0.3) is 11.6 Å². The Labute approximate surface area is 160 Å². The van der Waals surface area contributed by atoms with Crippen molar-refractivity contribution in [1.82, 2.24) is 14.9 Å². The van der Waals surface area contributed by atoms with Crippen LogP contribution in [0.15, 0.2) is 38.8 Å². The van der Waals surface area contributed by atoms with Crippen molar-refractivity contribution in [3.63, 3.8) is 0 Å². The average molecular weight is 367 g/mol. The van der Waals surface area contributed by atoms with Crippen molar-refractivity contribution in [1.29, 1.82) is 0 Å². The highest BCUT2D eigenvalue weighted by Gasteiger charge is 2.29. The number of nitrogens with zero attached hydrogens (tertiary/aromatic N) is 2. The number of aromatic amines is 1. The summed E-state index contributed by atoms with van der Waals surface area (Å²) in [4.78, 5) is 22.5. The van der Waals surface area contributed by atoms with Crippen molar-refractivity contribution in [3.8, 4) is 11.6 Å². The van der Waals surface area contributed by atoms with E-state index in [1.54, 1.807) is 17.4 Å². The zero-order chi connectivity index (χ0) is 19.0. The minimum atomic E-state index is -0.0296. The molecule has 144 valence electrons. The highest BCUT2D eigenvalue weighted by Crippen LogP contribution is 2.41. The summed E-state index contributed by atoms with van der Waals surface area (Å²) in [6.45, 7) is 9.75. The van der Waals surface area contributed by atoms with Crippen LogP contribution >= 0.6 is 0 Å². The smallest absolute Gasteiger partial charge is 0.254 e. The quantitative estimate of drug-likeness (QED) is 0.818. The number of hydrogen-bond donors (Lipinski definition) is 1. The summed E-state index contributed by atoms with van der Waals surface area (Å²) in [6, 6.07) is 3.63. The van der Waals surface area contributed by atoms with Gasteiger partial charge in [0.25, 0.3) is 5.56 Å². The molecular formula is C22H29N3O2. The van der Waals surface area contributed by atoms with E-state index in [4.69, 9.17) is 9.40 Å². The molecule has 3 heterocycles. The Morgan fingerprint density at radius 2 is 2.19 bits per heavy atom. The second-order valence-electron chi connectivity index (χ2n) is 8.59. The molecule has 0 atom stereocenters. The average Bonchev–Trinajstić information content (AvgIpc) is 3.15. The molecule has 5 nitrogen and oxygen atoms in total. The molecule has 2 aromatic heterocycles. The lowest BCUT2D eigenvalue weighted by molar-refractivity contribution is 0.240. The Bertz CT molecular complexity index is 906. The van der Waals surface area contributed by atoms with Gasteiger partial charge in [0.2, 0.25) is 0 Å². The lowest BCUT2D eigenvalue weighted by Crippen LogP contribution is -2.36. The van der Waals surface area contributed by atoms with Gasteiger partial charge in [0.05, 0.1) is 12.0 Å². The molecule has 2 aromatic rings. The normalized spacial score (nSPS) is 20.0. The molecule has 27 heavy (non-hydrogen) atoms. The van der Waals surface area contributed by atoms with Crippen LogP contribution in [0, 0.1) is 5.41 Å². The summed E-state index contributed by atoms with van der Waals surface area (Å²) in [7, 11) is 0. The summed E-state index contributed by atoms with van der Waals surface area (Å²) in [5.74, 6) is 1.13. The molecule has 4 rings (SSSR count). The van der Waals surface area contributed by atoms with Crippen LogP contribution in [0.4, 0.5) is 0 Å². The molecule has 0 bridgehead atoms. The first-order valence-corrected chi connectivity index (χ1v) is 10.0. The molecule has 0 amide bonds. The Balaban J connectivity index is 1.51. The number of nitrogens with one attached hydrogen (secondary N) is 1. The first kappa shape index (κ1) is 18.2. The van der Waals surface area contributed by atoms with E-state index in [9.17, 15) is 4.79 Å². The molecule has 0 fully saturated rings. The van der Waals surface area contributed by atoms with Crippen molar-refractivity contribution in [2.75, 3.05) is 13.1 Å². The van der Waals surface area contributed by atoms with E-state index >= 15 is 0 Å². The summed E-state index contributed by atoms with van der Waals surface area (Å²) in [6.07, 6.45) is 7.31. The maximum Gasteiger partial charge on any atom is 0.254 e. The summed E-state index contributed by atoms with van der Waals surface area (Å²) in [5.41, 5.74) is 5.23. The molecule has 0 unspecified atom stereocenters. The zero-order valence-electron chi connectivity index (χ0n) is 16.6. The van der Waals surface area contributed by atoms with Crippen molar-refractivity contribution >= 4 is 0 Å². The first-order chi connectivity index (χ1) is 12.9. The molecule has 0 saturated carbocycles. The maximum atomic E-state index is 12.5. The summed E-state index contributed by atoms with van der Waals surface area (Å²) >= 11 is 0. The predicted molar refractivity (Wildman–Crippen MR) is 106 cm³/mol. The number of rotatable bonds is 4. The van der Waals surface area contributed by atoms with Crippen molar-refractivity contribution in [2.24, 2.45) is 5.41 Å². The summed E-state index contributed by atoms with van der Waals surface area (Å²) in [5, 5.41) is 0. The van der Waals surface area contributed by atoms with Gasteiger partial charge in [0, 0.05) is 25.2 Å². The van der Waals surface area contributed by atoms with E-state index in [2.05, 4.69) is 30.7 Å². The molecule has 0 spiro atoms. The van der Waals surface area contributed by atoms with Gasteiger partial charge in [-0.15, -0.1) is 0 Å². The molecule has 1 aliphatic heterocycles. The first-order valence-electron chi connectivity index (χ1n) is 10.0. The van der Waals surface area contributed by atoms with Crippen LogP contribution in [-0.2, 0) is 13.0 Å². The molecular weight excluding hydrogens is 338 g/mol. The fraction of sp³-hybridized carbons (Fsp3) is 0.545. The van der Waals surface area contributed by atoms with E-state index in [-0.39, 0.29) is 5.56 Å². The molecule has 1 aliphatic carbocycles. The number of allylic oxidation sites excluding steroid dienone is 1. The van der Waals surface area contributed by atoms with Crippen molar-refractivity contribution < 1.29 is 4.42 Å². The van der Waals surface area contributed by atoms with Crippen LogP contribution in [0.1, 0.15) is 57.7 Å². The van der Waals surface area contributed by atoms with Gasteiger partial charge in [-0.05, 0) is 56.6 Å². The minimum Gasteiger partial charge on any atom is -0.461 e. The van der Waals surface area contributed by atoms with Crippen LogP contribution in [-0.4, -0.2) is 28.0 Å². The molecule has 2 aliphatic rings. The largest absolute Gasteiger partial charge is 0.461 e. The molecule has 1 N–H and O–H groups in total. The highest BCUT2D eigenvalue weighted by molar-refractivity contribution is 5.47. The van der Waals surface area contributed by atoms with Crippen LogP contribution in [0.2, 0.25) is 0 Å². The number of hydrogen-bond acceptors (Lipinski definition) is 4. The highest BCUT2D eigenvalue weighted by atomic mass is 16.3. The van der Waals surface area contributed by atoms with E-state index in [0.717, 1.165) is 43.7 Å². The number of aromatic nitrogens is 2. The number of fused-ring (bicyclic) bond motifs is 1. The third-order valence-corrected chi connectivity index (χ3v) is 6.27. The Hall–Kier alpha value is -2.14. The minimum absolute atomic E-state index is 0.0296. The van der Waals surface area contributed by atoms with Gasteiger partial charge >= 0.3 is 0 Å². The van der Waals surface area contributed by atoms with Gasteiger partial charge in [-0.3, -0.25) is 9.69 Å². The van der Waals surface area contributed by atoms with Gasteiger partial charge in [-0.2, -0.15) is 0 Å². The van der Waals surface area contributed by atoms with E-state index < -0.39 is 0 Å². The standard InChI is InChI=1S/C22H29N3O2/c1-15-6-4-10-22(2,3)17(15)9-12-25-11-8-16-18(14-25)23-20(24-21(16)26)19-7-5-13-27-19/h5,7,13H,4,6,8-12,14H2,1-3H3,(H,23,24,26). The number of H-pyrrole nitrogens is 1. The molecule has 5 heteroatoms. The number of furan rings is 1. The van der Waals surface area contributed by atoms with Crippen LogP contribution in [0.3, 0.4) is 0 Å². The monoisotopic (exact) mass is 367 g/mol. The second kappa shape index (κ2) is 7.12. The van der Waals surface area contributed by atoms with E-state index in [1.807, 2.05) is 12.1 Å². The fourth-order valence-corrected chi connectivity index (χ4v) is 4.71. The van der Waals surface area contributed by atoms with Crippen molar-refractivity contribution in [3.05, 3.63) is 51.2 Å². The Morgan fingerprint density at radius 3 is 2.93 bits per heavy atom. The molecule has 0 saturated heterocycles. The van der Waals surface area contributed by atoms with Crippen LogP contribution < -0.4 is 5.56 Å². The van der Waals surface area contributed by atoms with Crippen molar-refractivity contribution in [2.45, 2.75) is 59.4 Å². The van der Waals surface area contributed by atoms with Crippen LogP contribution in [0.5, 0.6) is 0 Å². The maximum absolute atomic E-state index is 12.5. The van der Waals surface area contributed by atoms with Gasteiger partial charge in [0.1, 0.15) is 0 Å². The lowest BCUT2D eigenvalue weighted by Gasteiger charge is -2.36. The third kappa shape index (κ3) is 3.65. The summed E-state index contributed by atoms with van der Waals surface area (Å²) < 4.78 is 5.40. The van der Waals surface area contributed by atoms with E-state index in [0.29, 0.717) is 17.0 Å². The second-order valence-corrected chi connectivity index (χ2v) is 8.59. The van der Waals surface area contributed by atoms with E-state index in [1.165, 1.54) is 19.3 Å². The molecule has 0 aromatic carbocycles. The topological polar surface area (TPSA) is 62.1 Å².